The van der Waals surface area contributed by atoms with Crippen molar-refractivity contribution < 1.29 is 9.90 Å². The Kier molecular flexibility index (Phi) is 3.99. The van der Waals surface area contributed by atoms with Crippen LogP contribution in [-0.2, 0) is 0 Å². The van der Waals surface area contributed by atoms with E-state index < -0.39 is 5.97 Å². The van der Waals surface area contributed by atoms with Crippen LogP contribution < -0.4 is 5.69 Å². The molecule has 0 aliphatic rings. The van der Waals surface area contributed by atoms with Gasteiger partial charge in [-0.1, -0.05) is 6.92 Å². The third kappa shape index (κ3) is 2.53. The summed E-state index contributed by atoms with van der Waals surface area (Å²) in [5, 5.41) is 9.04. The van der Waals surface area contributed by atoms with E-state index in [9.17, 15) is 9.59 Å². The van der Waals surface area contributed by atoms with Crippen LogP contribution in [-0.4, -0.2) is 32.6 Å². The quantitative estimate of drug-likeness (QED) is 0.881. The number of nitrogens with zero attached hydrogens (tertiary/aromatic N) is 1. The molecule has 0 spiro atoms. The van der Waals surface area contributed by atoms with Gasteiger partial charge >= 0.3 is 11.7 Å². The predicted octanol–water partition coefficient (Wildman–Crippen LogP) is 2.34. The summed E-state index contributed by atoms with van der Waals surface area (Å²) in [5.41, 5.74) is 1.35. The maximum absolute atomic E-state index is 12.0. The summed E-state index contributed by atoms with van der Waals surface area (Å²) in [7, 11) is 0. The normalized spacial score (nSPS) is 12.7. The van der Waals surface area contributed by atoms with Crippen molar-refractivity contribution in [3.8, 4) is 0 Å². The van der Waals surface area contributed by atoms with Gasteiger partial charge in [-0.2, -0.15) is 11.8 Å². The average molecular weight is 280 g/mol. The van der Waals surface area contributed by atoms with Crippen molar-refractivity contribution in [1.29, 1.82) is 0 Å². The first-order valence-electron chi connectivity index (χ1n) is 6.05. The minimum atomic E-state index is -0.986. The lowest BCUT2D eigenvalue weighted by Gasteiger charge is -2.15. The molecule has 5 nitrogen and oxygen atoms in total. The van der Waals surface area contributed by atoms with Crippen LogP contribution in [0.3, 0.4) is 0 Å². The summed E-state index contributed by atoms with van der Waals surface area (Å²) in [4.78, 5) is 25.8. The molecule has 0 radical (unpaired) electrons. The summed E-state index contributed by atoms with van der Waals surface area (Å²) in [6.45, 7) is 2.02. The molecule has 6 heteroatoms. The molecular weight excluding hydrogens is 264 g/mol. The number of benzene rings is 1. The summed E-state index contributed by atoms with van der Waals surface area (Å²) < 4.78 is 1.66. The summed E-state index contributed by atoms with van der Waals surface area (Å²) in [5.74, 6) is -0.166. The second kappa shape index (κ2) is 5.52. The van der Waals surface area contributed by atoms with Crippen LogP contribution in [0.25, 0.3) is 11.0 Å². The summed E-state index contributed by atoms with van der Waals surface area (Å²) in [6, 6.07) is 4.77. The van der Waals surface area contributed by atoms with E-state index in [1.54, 1.807) is 28.5 Å². The van der Waals surface area contributed by atoms with E-state index in [4.69, 9.17) is 5.11 Å². The van der Waals surface area contributed by atoms with Crippen molar-refractivity contribution in [3.63, 3.8) is 0 Å². The van der Waals surface area contributed by atoms with Gasteiger partial charge in [0.15, 0.2) is 0 Å². The first-order chi connectivity index (χ1) is 9.08. The molecule has 0 aliphatic heterocycles. The Labute approximate surface area is 114 Å². The molecule has 1 aromatic carbocycles. The Bertz CT molecular complexity index is 659. The van der Waals surface area contributed by atoms with Crippen LogP contribution in [0.2, 0.25) is 0 Å². The lowest BCUT2D eigenvalue weighted by atomic mass is 10.2. The number of aromatic nitrogens is 2. The van der Waals surface area contributed by atoms with Crippen molar-refractivity contribution in [1.82, 2.24) is 9.55 Å². The molecule has 19 heavy (non-hydrogen) atoms. The van der Waals surface area contributed by atoms with Crippen molar-refractivity contribution in [2.24, 2.45) is 0 Å². The van der Waals surface area contributed by atoms with E-state index in [1.165, 1.54) is 6.07 Å². The summed E-state index contributed by atoms with van der Waals surface area (Å²) in [6.07, 6.45) is 2.82. The molecule has 0 saturated carbocycles. The number of hydrogen-bond donors (Lipinski definition) is 2. The van der Waals surface area contributed by atoms with E-state index in [0.717, 1.165) is 12.2 Å². The monoisotopic (exact) mass is 280 g/mol. The lowest BCUT2D eigenvalue weighted by Crippen LogP contribution is -2.23. The van der Waals surface area contributed by atoms with E-state index in [1.807, 2.05) is 13.2 Å². The minimum absolute atomic E-state index is 0.0697. The van der Waals surface area contributed by atoms with Gasteiger partial charge in [0.1, 0.15) is 0 Å². The molecular formula is C13H16N2O3S. The Morgan fingerprint density at radius 3 is 2.84 bits per heavy atom. The zero-order valence-electron chi connectivity index (χ0n) is 10.8. The smallest absolute Gasteiger partial charge is 0.335 e. The number of carboxylic acid groups (broad SMARTS) is 1. The van der Waals surface area contributed by atoms with E-state index in [0.29, 0.717) is 11.0 Å². The van der Waals surface area contributed by atoms with Crippen molar-refractivity contribution in [2.75, 3.05) is 12.0 Å². The number of imidazole rings is 1. The number of thioether (sulfide) groups is 1. The first kappa shape index (κ1) is 13.7. The first-order valence-corrected chi connectivity index (χ1v) is 7.44. The van der Waals surface area contributed by atoms with Gasteiger partial charge in [0, 0.05) is 11.8 Å². The minimum Gasteiger partial charge on any atom is -0.478 e. The molecule has 0 saturated heterocycles. The SMILES string of the molecule is CCC(CSC)n1c(=O)[nH]c2ccc(C(=O)O)cc21. The summed E-state index contributed by atoms with van der Waals surface area (Å²) >= 11 is 1.67. The second-order valence-corrected chi connectivity index (χ2v) is 5.27. The molecule has 0 bridgehead atoms. The van der Waals surface area contributed by atoms with Crippen molar-refractivity contribution in [2.45, 2.75) is 19.4 Å². The number of fused-ring (bicyclic) bond motifs is 1. The van der Waals surface area contributed by atoms with Gasteiger partial charge in [-0.25, -0.2) is 9.59 Å². The molecule has 1 heterocycles. The fourth-order valence-corrected chi connectivity index (χ4v) is 2.95. The largest absolute Gasteiger partial charge is 0.478 e. The van der Waals surface area contributed by atoms with E-state index in [-0.39, 0.29) is 17.3 Å². The number of aromatic amines is 1. The van der Waals surface area contributed by atoms with E-state index >= 15 is 0 Å². The van der Waals surface area contributed by atoms with Gasteiger partial charge in [-0.05, 0) is 30.9 Å². The van der Waals surface area contributed by atoms with Gasteiger partial charge in [0.05, 0.1) is 16.6 Å². The zero-order valence-corrected chi connectivity index (χ0v) is 11.7. The number of rotatable bonds is 5. The lowest BCUT2D eigenvalue weighted by molar-refractivity contribution is 0.0697. The molecule has 2 aromatic rings. The molecule has 1 unspecified atom stereocenters. The molecule has 0 fully saturated rings. The molecule has 0 amide bonds. The van der Waals surface area contributed by atoms with Gasteiger partial charge < -0.3 is 10.1 Å². The Balaban J connectivity index is 2.64. The molecule has 2 N–H and O–H groups in total. The Hall–Kier alpha value is -1.69. The van der Waals surface area contributed by atoms with Crippen LogP contribution in [0.4, 0.5) is 0 Å². The Morgan fingerprint density at radius 2 is 2.26 bits per heavy atom. The van der Waals surface area contributed by atoms with Crippen LogP contribution >= 0.6 is 11.8 Å². The fourth-order valence-electron chi connectivity index (χ4n) is 2.18. The highest BCUT2D eigenvalue weighted by Crippen LogP contribution is 2.21. The standard InChI is InChI=1S/C13H16N2O3S/c1-3-9(7-19-2)15-11-6-8(12(16)17)4-5-10(11)14-13(15)18/h4-6,9H,3,7H2,1-2H3,(H,14,18)(H,16,17). The van der Waals surface area contributed by atoms with E-state index in [2.05, 4.69) is 4.98 Å². The number of carboxylic acids is 1. The van der Waals surface area contributed by atoms with Gasteiger partial charge in [-0.3, -0.25) is 4.57 Å². The number of aromatic carboxylic acids is 1. The van der Waals surface area contributed by atoms with Gasteiger partial charge in [0.2, 0.25) is 0 Å². The third-order valence-electron chi connectivity index (χ3n) is 3.16. The highest BCUT2D eigenvalue weighted by molar-refractivity contribution is 7.98. The highest BCUT2D eigenvalue weighted by atomic mass is 32.2. The zero-order chi connectivity index (χ0) is 14.0. The van der Waals surface area contributed by atoms with Crippen molar-refractivity contribution >= 4 is 28.8 Å². The molecule has 1 atom stereocenters. The number of H-pyrrole nitrogens is 1. The molecule has 102 valence electrons. The molecule has 0 aliphatic carbocycles. The van der Waals surface area contributed by atoms with Crippen LogP contribution in [0.15, 0.2) is 23.0 Å². The van der Waals surface area contributed by atoms with Crippen molar-refractivity contribution in [3.05, 3.63) is 34.2 Å². The maximum atomic E-state index is 12.0. The number of carbonyl (C=O) groups is 1. The predicted molar refractivity (Wildman–Crippen MR) is 77.2 cm³/mol. The topological polar surface area (TPSA) is 75.1 Å². The molecule has 2 rings (SSSR count). The maximum Gasteiger partial charge on any atom is 0.335 e. The van der Waals surface area contributed by atoms with Gasteiger partial charge in [0.25, 0.3) is 0 Å². The molecule has 1 aromatic heterocycles. The third-order valence-corrected chi connectivity index (χ3v) is 3.88. The number of nitrogens with one attached hydrogen (secondary N) is 1. The highest BCUT2D eigenvalue weighted by Gasteiger charge is 2.16. The fraction of sp³-hybridized carbons (Fsp3) is 0.385. The van der Waals surface area contributed by atoms with Crippen LogP contribution in [0, 0.1) is 0 Å². The average Bonchev–Trinajstić information content (AvgIpc) is 2.71. The van der Waals surface area contributed by atoms with Crippen LogP contribution in [0.5, 0.6) is 0 Å². The Morgan fingerprint density at radius 1 is 1.53 bits per heavy atom. The second-order valence-electron chi connectivity index (χ2n) is 4.35. The number of hydrogen-bond acceptors (Lipinski definition) is 3. The van der Waals surface area contributed by atoms with Gasteiger partial charge in [-0.15, -0.1) is 0 Å². The van der Waals surface area contributed by atoms with Crippen LogP contribution in [0.1, 0.15) is 29.7 Å².